The molecule has 0 bridgehead atoms. The molecule has 1 N–H and O–H groups in total. The first-order valence-corrected chi connectivity index (χ1v) is 8.87. The van der Waals surface area contributed by atoms with Gasteiger partial charge in [0.05, 0.1) is 23.6 Å². The highest BCUT2D eigenvalue weighted by Crippen LogP contribution is 2.22. The maximum absolute atomic E-state index is 10.8. The van der Waals surface area contributed by atoms with Crippen LogP contribution in [0.3, 0.4) is 0 Å². The third-order valence-corrected chi connectivity index (χ3v) is 4.23. The molecular weight excluding hydrogens is 366 g/mol. The molecule has 0 aliphatic carbocycles. The SMILES string of the molecule is O=C([O-])c1ccc(N/N=C\c2cn(-c3ccccc3)nc2-c2ccncc2)cc1. The van der Waals surface area contributed by atoms with Gasteiger partial charge in [-0.25, -0.2) is 4.68 Å². The highest BCUT2D eigenvalue weighted by atomic mass is 16.4. The lowest BCUT2D eigenvalue weighted by molar-refractivity contribution is -0.255. The van der Waals surface area contributed by atoms with Crippen molar-refractivity contribution in [3.63, 3.8) is 0 Å². The fraction of sp³-hybridized carbons (Fsp3) is 0. The third kappa shape index (κ3) is 4.19. The Labute approximate surface area is 167 Å². The third-order valence-electron chi connectivity index (χ3n) is 4.23. The standard InChI is InChI=1S/C22H17N5O2/c28-22(29)17-6-8-19(9-7-17)25-24-14-18-15-27(20-4-2-1-3-5-20)26-21(18)16-10-12-23-13-11-16/h1-15,25H,(H,28,29)/p-1/b24-14-. The molecule has 0 amide bonds. The zero-order chi connectivity index (χ0) is 20.1. The van der Waals surface area contributed by atoms with Crippen molar-refractivity contribution in [2.45, 2.75) is 0 Å². The van der Waals surface area contributed by atoms with Crippen LogP contribution < -0.4 is 10.5 Å². The molecule has 7 heteroatoms. The average Bonchev–Trinajstić information content (AvgIpc) is 3.19. The predicted octanol–water partition coefficient (Wildman–Crippen LogP) is 2.74. The normalized spacial score (nSPS) is 10.9. The molecule has 7 nitrogen and oxygen atoms in total. The average molecular weight is 382 g/mol. The van der Waals surface area contributed by atoms with E-state index < -0.39 is 5.97 Å². The minimum Gasteiger partial charge on any atom is -0.545 e. The lowest BCUT2D eigenvalue weighted by Gasteiger charge is -2.04. The lowest BCUT2D eigenvalue weighted by Crippen LogP contribution is -2.21. The van der Waals surface area contributed by atoms with Crippen LogP contribution in [0.2, 0.25) is 0 Å². The molecule has 29 heavy (non-hydrogen) atoms. The number of carboxylic acids is 1. The van der Waals surface area contributed by atoms with Crippen molar-refractivity contribution in [1.82, 2.24) is 14.8 Å². The van der Waals surface area contributed by atoms with E-state index in [1.165, 1.54) is 12.1 Å². The van der Waals surface area contributed by atoms with Crippen molar-refractivity contribution in [1.29, 1.82) is 0 Å². The number of anilines is 1. The number of aromatic nitrogens is 3. The van der Waals surface area contributed by atoms with Crippen LogP contribution in [0.1, 0.15) is 15.9 Å². The molecule has 0 aliphatic rings. The van der Waals surface area contributed by atoms with Gasteiger partial charge in [0, 0.05) is 29.7 Å². The molecule has 0 saturated heterocycles. The van der Waals surface area contributed by atoms with E-state index in [2.05, 4.69) is 15.5 Å². The Bertz CT molecular complexity index is 1140. The maximum Gasteiger partial charge on any atom is 0.102 e. The van der Waals surface area contributed by atoms with Crippen molar-refractivity contribution in [2.24, 2.45) is 5.10 Å². The maximum atomic E-state index is 10.8. The van der Waals surface area contributed by atoms with E-state index in [4.69, 9.17) is 5.10 Å². The fourth-order valence-corrected chi connectivity index (χ4v) is 2.79. The smallest absolute Gasteiger partial charge is 0.102 e. The summed E-state index contributed by atoms with van der Waals surface area (Å²) in [6.45, 7) is 0. The highest BCUT2D eigenvalue weighted by molar-refractivity contribution is 5.89. The van der Waals surface area contributed by atoms with E-state index in [-0.39, 0.29) is 5.56 Å². The van der Waals surface area contributed by atoms with Crippen LogP contribution in [0, 0.1) is 0 Å². The van der Waals surface area contributed by atoms with E-state index in [1.807, 2.05) is 48.7 Å². The fourth-order valence-electron chi connectivity index (χ4n) is 2.79. The van der Waals surface area contributed by atoms with Crippen molar-refractivity contribution >= 4 is 17.9 Å². The van der Waals surface area contributed by atoms with E-state index in [0.29, 0.717) is 5.69 Å². The number of rotatable bonds is 6. The van der Waals surface area contributed by atoms with Crippen LogP contribution in [0.25, 0.3) is 16.9 Å². The Kier molecular flexibility index (Phi) is 5.11. The second kappa shape index (κ2) is 8.18. The number of benzene rings is 2. The van der Waals surface area contributed by atoms with Gasteiger partial charge in [-0.15, -0.1) is 0 Å². The minimum atomic E-state index is -1.21. The Balaban J connectivity index is 1.62. The van der Waals surface area contributed by atoms with Gasteiger partial charge >= 0.3 is 0 Å². The van der Waals surface area contributed by atoms with E-state index in [9.17, 15) is 9.90 Å². The zero-order valence-electron chi connectivity index (χ0n) is 15.3. The molecule has 4 aromatic rings. The van der Waals surface area contributed by atoms with Gasteiger partial charge in [0.2, 0.25) is 0 Å². The van der Waals surface area contributed by atoms with Crippen molar-refractivity contribution in [2.75, 3.05) is 5.43 Å². The topological polar surface area (TPSA) is 95.2 Å². The van der Waals surface area contributed by atoms with Crippen LogP contribution in [0.4, 0.5) is 5.69 Å². The zero-order valence-corrected chi connectivity index (χ0v) is 15.3. The molecule has 4 rings (SSSR count). The molecule has 0 spiro atoms. The van der Waals surface area contributed by atoms with Gasteiger partial charge in [-0.1, -0.05) is 30.3 Å². The lowest BCUT2D eigenvalue weighted by atomic mass is 10.1. The summed E-state index contributed by atoms with van der Waals surface area (Å²) in [7, 11) is 0. The number of aromatic carboxylic acids is 1. The first-order valence-electron chi connectivity index (χ1n) is 8.87. The van der Waals surface area contributed by atoms with Gasteiger partial charge in [-0.2, -0.15) is 10.2 Å². The van der Waals surface area contributed by atoms with Crippen LogP contribution in [0.15, 0.2) is 90.4 Å². The summed E-state index contributed by atoms with van der Waals surface area (Å²) < 4.78 is 1.80. The molecule has 0 fully saturated rings. The van der Waals surface area contributed by atoms with Crippen molar-refractivity contribution in [3.05, 3.63) is 96.4 Å². The number of hydrazone groups is 1. The minimum absolute atomic E-state index is 0.114. The number of nitrogens with zero attached hydrogens (tertiary/aromatic N) is 4. The molecule has 142 valence electrons. The van der Waals surface area contributed by atoms with Crippen LogP contribution in [0.5, 0.6) is 0 Å². The monoisotopic (exact) mass is 382 g/mol. The van der Waals surface area contributed by atoms with Gasteiger partial charge in [0.15, 0.2) is 0 Å². The largest absolute Gasteiger partial charge is 0.545 e. The van der Waals surface area contributed by atoms with Crippen LogP contribution in [-0.4, -0.2) is 26.9 Å². The van der Waals surface area contributed by atoms with Gasteiger partial charge in [0.25, 0.3) is 0 Å². The predicted molar refractivity (Wildman–Crippen MR) is 109 cm³/mol. The second-order valence-corrected chi connectivity index (χ2v) is 6.18. The van der Waals surface area contributed by atoms with Crippen molar-refractivity contribution < 1.29 is 9.90 Å². The summed E-state index contributed by atoms with van der Waals surface area (Å²) in [5.41, 5.74) is 7.12. The number of carbonyl (C=O) groups is 1. The number of para-hydroxylation sites is 1. The molecule has 0 atom stereocenters. The molecule has 2 heterocycles. The molecule has 2 aromatic heterocycles. The summed E-state index contributed by atoms with van der Waals surface area (Å²) >= 11 is 0. The molecule has 0 unspecified atom stereocenters. The van der Waals surface area contributed by atoms with E-state index in [1.54, 1.807) is 35.4 Å². The number of hydrogen-bond acceptors (Lipinski definition) is 6. The Morgan fingerprint density at radius 1 is 1.00 bits per heavy atom. The Hall–Kier alpha value is -4.26. The summed E-state index contributed by atoms with van der Waals surface area (Å²) in [5, 5.41) is 19.8. The van der Waals surface area contributed by atoms with E-state index in [0.717, 1.165) is 22.5 Å². The van der Waals surface area contributed by atoms with Gasteiger partial charge in [-0.05, 0) is 42.0 Å². The second-order valence-electron chi connectivity index (χ2n) is 6.18. The highest BCUT2D eigenvalue weighted by Gasteiger charge is 2.10. The number of hydrogen-bond donors (Lipinski definition) is 1. The first kappa shape index (κ1) is 18.1. The van der Waals surface area contributed by atoms with Gasteiger partial charge < -0.3 is 9.90 Å². The number of nitrogens with one attached hydrogen (secondary N) is 1. The summed E-state index contributed by atoms with van der Waals surface area (Å²) in [4.78, 5) is 14.9. The van der Waals surface area contributed by atoms with Crippen LogP contribution in [-0.2, 0) is 0 Å². The molecule has 2 aromatic carbocycles. The number of carboxylic acid groups (broad SMARTS) is 1. The summed E-state index contributed by atoms with van der Waals surface area (Å²) in [5.74, 6) is -1.21. The summed E-state index contributed by atoms with van der Waals surface area (Å²) in [6, 6.07) is 19.8. The Morgan fingerprint density at radius 2 is 1.72 bits per heavy atom. The van der Waals surface area contributed by atoms with Crippen LogP contribution >= 0.6 is 0 Å². The molecule has 0 radical (unpaired) electrons. The molecule has 0 saturated carbocycles. The van der Waals surface area contributed by atoms with Gasteiger partial charge in [-0.3, -0.25) is 10.4 Å². The van der Waals surface area contributed by atoms with E-state index >= 15 is 0 Å². The van der Waals surface area contributed by atoms with Gasteiger partial charge in [0.1, 0.15) is 5.69 Å². The summed E-state index contributed by atoms with van der Waals surface area (Å²) in [6.07, 6.45) is 7.01. The molecule has 0 aliphatic heterocycles. The molecular formula is C22H16N5O2-. The first-order chi connectivity index (χ1) is 14.2. The number of carbonyl (C=O) groups excluding carboxylic acids is 1. The quantitative estimate of drug-likeness (QED) is 0.409. The number of pyridine rings is 1. The van der Waals surface area contributed by atoms with Crippen molar-refractivity contribution in [3.8, 4) is 16.9 Å². The Morgan fingerprint density at radius 3 is 2.41 bits per heavy atom.